The minimum absolute atomic E-state index is 0.332. The molecule has 0 unspecified atom stereocenters. The fraction of sp³-hybridized carbons (Fsp3) is 0.400. The molecule has 0 aliphatic rings. The van der Waals surface area contributed by atoms with E-state index in [0.717, 1.165) is 12.3 Å². The van der Waals surface area contributed by atoms with Gasteiger partial charge in [0.05, 0.1) is 4.88 Å². The molecule has 0 radical (unpaired) electrons. The van der Waals surface area contributed by atoms with Crippen molar-refractivity contribution in [1.29, 1.82) is 0 Å². The molecule has 0 saturated carbocycles. The first-order valence-corrected chi connectivity index (χ1v) is 8.88. The molecule has 2 rings (SSSR count). The van der Waals surface area contributed by atoms with Crippen molar-refractivity contribution >= 4 is 28.4 Å². The lowest BCUT2D eigenvalue weighted by molar-refractivity contribution is -0.141. The average molecular weight is 375 g/mol. The third-order valence-corrected chi connectivity index (χ3v) is 5.55. The normalized spacial score (nSPS) is 14.8. The standard InChI is InChI=1S/C15H16F3N3OS2/c1-9(21-24(22)14(2,3)4)11-8-20-13(23-11)10-5-6-19-12(7-10)15(16,17)18/h5-8H,1-4H3/b21-9+/t24-/m0/s1. The number of pyridine rings is 1. The summed E-state index contributed by atoms with van der Waals surface area (Å²) in [6.07, 6.45) is -1.88. The summed E-state index contributed by atoms with van der Waals surface area (Å²) in [6, 6.07) is 2.43. The molecule has 2 heterocycles. The molecule has 0 bridgehead atoms. The van der Waals surface area contributed by atoms with E-state index in [1.165, 1.54) is 23.6 Å². The van der Waals surface area contributed by atoms with Crippen LogP contribution < -0.4 is 0 Å². The molecule has 0 saturated heterocycles. The smallest absolute Gasteiger partial charge is 0.433 e. The van der Waals surface area contributed by atoms with Crippen molar-refractivity contribution in [2.45, 2.75) is 38.6 Å². The fourth-order valence-electron chi connectivity index (χ4n) is 1.60. The SMILES string of the molecule is C/C(=N\[S@@+]([O-])C(C)(C)C)c1cnc(-c2ccnc(C(F)(F)F)c2)s1. The molecule has 0 aliphatic carbocycles. The quantitative estimate of drug-likeness (QED) is 0.586. The molecular formula is C15H16F3N3OS2. The van der Waals surface area contributed by atoms with Gasteiger partial charge >= 0.3 is 6.18 Å². The average Bonchev–Trinajstić information content (AvgIpc) is 2.95. The van der Waals surface area contributed by atoms with E-state index in [4.69, 9.17) is 0 Å². The van der Waals surface area contributed by atoms with E-state index in [2.05, 4.69) is 14.4 Å². The molecule has 130 valence electrons. The third-order valence-electron chi connectivity index (χ3n) is 2.90. The van der Waals surface area contributed by atoms with Gasteiger partial charge in [-0.3, -0.25) is 4.98 Å². The van der Waals surface area contributed by atoms with Crippen LogP contribution in [0.3, 0.4) is 0 Å². The molecule has 0 N–H and O–H groups in total. The highest BCUT2D eigenvalue weighted by atomic mass is 32.2. The van der Waals surface area contributed by atoms with Gasteiger partial charge in [0, 0.05) is 18.0 Å². The first kappa shape index (κ1) is 18.9. The van der Waals surface area contributed by atoms with Gasteiger partial charge in [0.25, 0.3) is 0 Å². The Labute approximate surface area is 145 Å². The highest BCUT2D eigenvalue weighted by Crippen LogP contribution is 2.32. The highest BCUT2D eigenvalue weighted by Gasteiger charge is 2.32. The Bertz CT molecular complexity index is 751. The maximum absolute atomic E-state index is 12.7. The van der Waals surface area contributed by atoms with Crippen molar-refractivity contribution in [3.8, 4) is 10.6 Å². The number of halogens is 3. The van der Waals surface area contributed by atoms with Crippen LogP contribution in [0.1, 0.15) is 38.3 Å². The second-order valence-corrected chi connectivity index (χ2v) is 8.93. The van der Waals surface area contributed by atoms with Crippen molar-refractivity contribution in [1.82, 2.24) is 9.97 Å². The predicted octanol–water partition coefficient (Wildman–Crippen LogP) is 4.50. The molecule has 0 aliphatic heterocycles. The molecule has 9 heteroatoms. The Morgan fingerprint density at radius 1 is 1.25 bits per heavy atom. The second-order valence-electron chi connectivity index (χ2n) is 6.00. The minimum Gasteiger partial charge on any atom is -0.591 e. The zero-order valence-electron chi connectivity index (χ0n) is 13.5. The van der Waals surface area contributed by atoms with E-state index in [1.54, 1.807) is 6.92 Å². The maximum Gasteiger partial charge on any atom is 0.433 e. The zero-order valence-corrected chi connectivity index (χ0v) is 15.1. The van der Waals surface area contributed by atoms with Crippen LogP contribution in [0.4, 0.5) is 13.2 Å². The Kier molecular flexibility index (Phi) is 5.36. The van der Waals surface area contributed by atoms with Crippen molar-refractivity contribution < 1.29 is 17.7 Å². The number of alkyl halides is 3. The molecule has 2 aromatic rings. The highest BCUT2D eigenvalue weighted by molar-refractivity contribution is 7.91. The summed E-state index contributed by atoms with van der Waals surface area (Å²) in [4.78, 5) is 8.14. The van der Waals surface area contributed by atoms with E-state index < -0.39 is 28.0 Å². The number of aromatic nitrogens is 2. The van der Waals surface area contributed by atoms with Crippen molar-refractivity contribution in [2.24, 2.45) is 4.40 Å². The van der Waals surface area contributed by atoms with Crippen molar-refractivity contribution in [3.05, 3.63) is 35.1 Å². The third kappa shape index (κ3) is 4.55. The van der Waals surface area contributed by atoms with Crippen LogP contribution in [0, 0.1) is 0 Å². The summed E-state index contributed by atoms with van der Waals surface area (Å²) < 4.78 is 53.9. The predicted molar refractivity (Wildman–Crippen MR) is 90.5 cm³/mol. The summed E-state index contributed by atoms with van der Waals surface area (Å²) in [7, 11) is 0. The number of hydrogen-bond acceptors (Lipinski definition) is 5. The number of nitrogens with zero attached hydrogens (tertiary/aromatic N) is 3. The maximum atomic E-state index is 12.7. The second kappa shape index (κ2) is 6.81. The monoisotopic (exact) mass is 375 g/mol. The lowest BCUT2D eigenvalue weighted by Gasteiger charge is -2.18. The van der Waals surface area contributed by atoms with Crippen LogP contribution in [0.5, 0.6) is 0 Å². The van der Waals surface area contributed by atoms with E-state index in [0.29, 0.717) is 21.2 Å². The largest absolute Gasteiger partial charge is 0.591 e. The van der Waals surface area contributed by atoms with Crippen LogP contribution in [-0.2, 0) is 17.5 Å². The van der Waals surface area contributed by atoms with Crippen LogP contribution in [-0.4, -0.2) is 25.0 Å². The van der Waals surface area contributed by atoms with Gasteiger partial charge in [-0.25, -0.2) is 4.98 Å². The van der Waals surface area contributed by atoms with Crippen LogP contribution in [0.25, 0.3) is 10.6 Å². The van der Waals surface area contributed by atoms with E-state index >= 15 is 0 Å². The Morgan fingerprint density at radius 3 is 2.50 bits per heavy atom. The van der Waals surface area contributed by atoms with Crippen LogP contribution >= 0.6 is 11.3 Å². The molecule has 24 heavy (non-hydrogen) atoms. The van der Waals surface area contributed by atoms with Gasteiger partial charge in [-0.1, -0.05) is 4.40 Å². The summed E-state index contributed by atoms with van der Waals surface area (Å²) in [6.45, 7) is 7.14. The summed E-state index contributed by atoms with van der Waals surface area (Å²) >= 11 is -0.216. The number of rotatable bonds is 3. The molecule has 1 atom stereocenters. The molecule has 0 aromatic carbocycles. The van der Waals surface area contributed by atoms with Crippen molar-refractivity contribution in [2.75, 3.05) is 0 Å². The van der Waals surface area contributed by atoms with E-state index in [9.17, 15) is 17.7 Å². The molecule has 2 aromatic heterocycles. The summed E-state index contributed by atoms with van der Waals surface area (Å²) in [5.74, 6) is 0. The van der Waals surface area contributed by atoms with Gasteiger partial charge < -0.3 is 4.55 Å². The number of thiazole rings is 1. The summed E-state index contributed by atoms with van der Waals surface area (Å²) in [5.41, 5.74) is -0.0913. The Balaban J connectivity index is 2.30. The molecule has 0 spiro atoms. The Morgan fingerprint density at radius 2 is 1.92 bits per heavy atom. The van der Waals surface area contributed by atoms with Crippen LogP contribution in [0.15, 0.2) is 28.9 Å². The number of hydrogen-bond donors (Lipinski definition) is 0. The zero-order chi connectivity index (χ0) is 18.1. The van der Waals surface area contributed by atoms with Gasteiger partial charge in [-0.15, -0.1) is 11.3 Å². The fourth-order valence-corrected chi connectivity index (χ4v) is 3.14. The van der Waals surface area contributed by atoms with Gasteiger partial charge in [-0.2, -0.15) is 13.2 Å². The lowest BCUT2D eigenvalue weighted by atomic mass is 10.2. The first-order chi connectivity index (χ1) is 11.0. The Hall–Kier alpha value is -1.45. The lowest BCUT2D eigenvalue weighted by Crippen LogP contribution is -2.26. The van der Waals surface area contributed by atoms with Gasteiger partial charge in [0.15, 0.2) is 0 Å². The molecule has 0 amide bonds. The first-order valence-electron chi connectivity index (χ1n) is 6.95. The van der Waals surface area contributed by atoms with Gasteiger partial charge in [0.1, 0.15) is 32.5 Å². The molecule has 4 nitrogen and oxygen atoms in total. The van der Waals surface area contributed by atoms with Crippen molar-refractivity contribution in [3.63, 3.8) is 0 Å². The van der Waals surface area contributed by atoms with Gasteiger partial charge in [-0.05, 0) is 39.8 Å². The summed E-state index contributed by atoms with van der Waals surface area (Å²) in [5, 5.41) is 0.425. The van der Waals surface area contributed by atoms with E-state index in [1.807, 2.05) is 20.8 Å². The van der Waals surface area contributed by atoms with Crippen LogP contribution in [0.2, 0.25) is 0 Å². The minimum atomic E-state index is -4.50. The molecule has 0 fully saturated rings. The topological polar surface area (TPSA) is 61.2 Å². The van der Waals surface area contributed by atoms with E-state index in [-0.39, 0.29) is 0 Å². The van der Waals surface area contributed by atoms with Gasteiger partial charge in [0.2, 0.25) is 0 Å². The molecular weight excluding hydrogens is 359 g/mol.